The SMILES string of the molecule is Cc1cccc(NC(=O)CN2C(=O)N[C@](C)(c3ccc4c(c3)CCC4)C2=O)c1C. The number of benzene rings is 2. The lowest BCUT2D eigenvalue weighted by molar-refractivity contribution is -0.133. The monoisotopic (exact) mass is 391 g/mol. The molecular weight excluding hydrogens is 366 g/mol. The molecule has 2 aromatic carbocycles. The summed E-state index contributed by atoms with van der Waals surface area (Å²) in [5.74, 6) is -0.808. The maximum Gasteiger partial charge on any atom is 0.325 e. The molecule has 0 bridgehead atoms. The van der Waals surface area contributed by atoms with Gasteiger partial charge in [0.1, 0.15) is 12.1 Å². The van der Waals surface area contributed by atoms with Crippen molar-refractivity contribution in [3.8, 4) is 0 Å². The summed E-state index contributed by atoms with van der Waals surface area (Å²) in [6.45, 7) is 5.26. The standard InChI is InChI=1S/C23H25N3O3/c1-14-6-4-9-19(15(14)2)24-20(27)13-26-21(28)23(3,25-22(26)29)18-11-10-16-7-5-8-17(16)12-18/h4,6,9-12H,5,7-8,13H2,1-3H3,(H,24,27)(H,25,29)/t23-/m1/s1. The number of nitrogens with zero attached hydrogens (tertiary/aromatic N) is 1. The molecular formula is C23H25N3O3. The van der Waals surface area contributed by atoms with E-state index in [0.29, 0.717) is 5.69 Å². The first-order valence-electron chi connectivity index (χ1n) is 9.92. The van der Waals surface area contributed by atoms with Crippen LogP contribution in [0.1, 0.15) is 41.2 Å². The highest BCUT2D eigenvalue weighted by molar-refractivity contribution is 6.10. The van der Waals surface area contributed by atoms with Crippen molar-refractivity contribution in [2.75, 3.05) is 11.9 Å². The Balaban J connectivity index is 1.52. The van der Waals surface area contributed by atoms with Crippen LogP contribution in [0.4, 0.5) is 10.5 Å². The summed E-state index contributed by atoms with van der Waals surface area (Å²) in [6, 6.07) is 11.0. The van der Waals surface area contributed by atoms with Crippen LogP contribution in [0.25, 0.3) is 0 Å². The molecule has 1 atom stereocenters. The van der Waals surface area contributed by atoms with E-state index in [1.165, 1.54) is 11.1 Å². The van der Waals surface area contributed by atoms with Gasteiger partial charge in [0.15, 0.2) is 0 Å². The van der Waals surface area contributed by atoms with E-state index >= 15 is 0 Å². The zero-order valence-electron chi connectivity index (χ0n) is 17.0. The normalized spacial score (nSPS) is 20.6. The van der Waals surface area contributed by atoms with Crippen molar-refractivity contribution in [1.82, 2.24) is 10.2 Å². The number of hydrogen-bond donors (Lipinski definition) is 2. The smallest absolute Gasteiger partial charge is 0.324 e. The largest absolute Gasteiger partial charge is 0.325 e. The van der Waals surface area contributed by atoms with E-state index in [4.69, 9.17) is 0 Å². The third-order valence-electron chi connectivity index (χ3n) is 6.13. The maximum atomic E-state index is 13.1. The Kier molecular flexibility index (Phi) is 4.65. The van der Waals surface area contributed by atoms with E-state index in [1.54, 1.807) is 13.0 Å². The molecule has 4 rings (SSSR count). The maximum absolute atomic E-state index is 13.1. The molecule has 2 aromatic rings. The predicted octanol–water partition coefficient (Wildman–Crippen LogP) is 3.20. The molecule has 2 N–H and O–H groups in total. The first-order chi connectivity index (χ1) is 13.8. The van der Waals surface area contributed by atoms with E-state index in [0.717, 1.165) is 40.9 Å². The van der Waals surface area contributed by atoms with Crippen LogP contribution in [0.3, 0.4) is 0 Å². The molecule has 0 radical (unpaired) electrons. The summed E-state index contributed by atoms with van der Waals surface area (Å²) in [5.41, 5.74) is 4.84. The summed E-state index contributed by atoms with van der Waals surface area (Å²) in [5, 5.41) is 5.59. The van der Waals surface area contributed by atoms with E-state index in [-0.39, 0.29) is 6.54 Å². The number of carbonyl (C=O) groups excluding carboxylic acids is 3. The van der Waals surface area contributed by atoms with Gasteiger partial charge in [0.25, 0.3) is 5.91 Å². The number of fused-ring (bicyclic) bond motifs is 1. The van der Waals surface area contributed by atoms with Crippen molar-refractivity contribution in [3.05, 3.63) is 64.2 Å². The number of imide groups is 1. The highest BCUT2D eigenvalue weighted by Crippen LogP contribution is 2.32. The molecule has 0 saturated carbocycles. The molecule has 1 heterocycles. The Hall–Kier alpha value is -3.15. The van der Waals surface area contributed by atoms with Gasteiger partial charge in [0, 0.05) is 5.69 Å². The second kappa shape index (κ2) is 7.03. The zero-order valence-corrected chi connectivity index (χ0v) is 17.0. The van der Waals surface area contributed by atoms with Gasteiger partial charge < -0.3 is 10.6 Å². The van der Waals surface area contributed by atoms with Crippen molar-refractivity contribution in [3.63, 3.8) is 0 Å². The number of aryl methyl sites for hydroxylation is 3. The summed E-state index contributed by atoms with van der Waals surface area (Å²) in [4.78, 5) is 39.2. The molecule has 2 aliphatic rings. The van der Waals surface area contributed by atoms with E-state index < -0.39 is 23.4 Å². The molecule has 29 heavy (non-hydrogen) atoms. The minimum atomic E-state index is -1.16. The van der Waals surface area contributed by atoms with E-state index in [1.807, 2.05) is 44.2 Å². The van der Waals surface area contributed by atoms with Gasteiger partial charge in [-0.3, -0.25) is 14.5 Å². The molecule has 1 aliphatic carbocycles. The van der Waals surface area contributed by atoms with Crippen LogP contribution < -0.4 is 10.6 Å². The number of nitrogens with one attached hydrogen (secondary N) is 2. The fourth-order valence-electron chi connectivity index (χ4n) is 4.14. The minimum Gasteiger partial charge on any atom is -0.324 e. The van der Waals surface area contributed by atoms with Gasteiger partial charge in [-0.2, -0.15) is 0 Å². The van der Waals surface area contributed by atoms with Gasteiger partial charge in [-0.15, -0.1) is 0 Å². The minimum absolute atomic E-state index is 0.321. The van der Waals surface area contributed by atoms with Crippen molar-refractivity contribution in [2.45, 2.75) is 45.6 Å². The fourth-order valence-corrected chi connectivity index (χ4v) is 4.14. The highest BCUT2D eigenvalue weighted by Gasteiger charge is 2.49. The molecule has 1 fully saturated rings. The highest BCUT2D eigenvalue weighted by atomic mass is 16.2. The average molecular weight is 391 g/mol. The van der Waals surface area contributed by atoms with Crippen LogP contribution in [0.5, 0.6) is 0 Å². The molecule has 0 spiro atoms. The molecule has 0 unspecified atom stereocenters. The molecule has 4 amide bonds. The van der Waals surface area contributed by atoms with Crippen molar-refractivity contribution >= 4 is 23.5 Å². The van der Waals surface area contributed by atoms with Crippen LogP contribution in [-0.4, -0.2) is 29.3 Å². The molecule has 6 heteroatoms. The third-order valence-corrected chi connectivity index (χ3v) is 6.13. The Morgan fingerprint density at radius 3 is 2.69 bits per heavy atom. The summed E-state index contributed by atoms with van der Waals surface area (Å²) in [7, 11) is 0. The quantitative estimate of drug-likeness (QED) is 0.786. The first-order valence-corrected chi connectivity index (χ1v) is 9.92. The summed E-state index contributed by atoms with van der Waals surface area (Å²) >= 11 is 0. The van der Waals surface area contributed by atoms with Crippen LogP contribution >= 0.6 is 0 Å². The third kappa shape index (κ3) is 3.28. The van der Waals surface area contributed by atoms with Crippen LogP contribution in [-0.2, 0) is 28.0 Å². The lowest BCUT2D eigenvalue weighted by Crippen LogP contribution is -2.42. The van der Waals surface area contributed by atoms with E-state index in [9.17, 15) is 14.4 Å². The fraction of sp³-hybridized carbons (Fsp3) is 0.348. The van der Waals surface area contributed by atoms with Crippen molar-refractivity contribution in [1.29, 1.82) is 0 Å². The van der Waals surface area contributed by atoms with E-state index in [2.05, 4.69) is 10.6 Å². The van der Waals surface area contributed by atoms with Gasteiger partial charge in [0.05, 0.1) is 0 Å². The van der Waals surface area contributed by atoms with Crippen LogP contribution in [0.2, 0.25) is 0 Å². The zero-order chi connectivity index (χ0) is 20.8. The van der Waals surface area contributed by atoms with Crippen LogP contribution in [0.15, 0.2) is 36.4 Å². The molecule has 1 aliphatic heterocycles. The number of urea groups is 1. The summed E-state index contributed by atoms with van der Waals surface area (Å²) in [6.07, 6.45) is 3.15. The topological polar surface area (TPSA) is 78.5 Å². The van der Waals surface area contributed by atoms with Crippen molar-refractivity contribution < 1.29 is 14.4 Å². The second-order valence-corrected chi connectivity index (χ2v) is 8.08. The number of amides is 4. The predicted molar refractivity (Wildman–Crippen MR) is 111 cm³/mol. The van der Waals surface area contributed by atoms with Gasteiger partial charge >= 0.3 is 6.03 Å². The van der Waals surface area contributed by atoms with Gasteiger partial charge in [-0.05, 0) is 73.9 Å². The number of hydrogen-bond acceptors (Lipinski definition) is 3. The molecule has 150 valence electrons. The Morgan fingerprint density at radius 2 is 1.90 bits per heavy atom. The Morgan fingerprint density at radius 1 is 1.14 bits per heavy atom. The van der Waals surface area contributed by atoms with Crippen LogP contribution in [0, 0.1) is 13.8 Å². The number of rotatable bonds is 4. The van der Waals surface area contributed by atoms with Crippen molar-refractivity contribution in [2.24, 2.45) is 0 Å². The van der Waals surface area contributed by atoms with Gasteiger partial charge in [-0.25, -0.2) is 4.79 Å². The molecule has 0 aromatic heterocycles. The lowest BCUT2D eigenvalue weighted by Gasteiger charge is -2.23. The molecule has 1 saturated heterocycles. The number of anilines is 1. The Labute approximate surface area is 170 Å². The molecule has 6 nitrogen and oxygen atoms in total. The lowest BCUT2D eigenvalue weighted by atomic mass is 9.89. The second-order valence-electron chi connectivity index (χ2n) is 8.08. The summed E-state index contributed by atoms with van der Waals surface area (Å²) < 4.78 is 0. The Bertz CT molecular complexity index is 1030. The average Bonchev–Trinajstić information content (AvgIpc) is 3.24. The number of carbonyl (C=O) groups is 3. The first kappa shape index (κ1) is 19.2. The van der Waals surface area contributed by atoms with Gasteiger partial charge in [0.2, 0.25) is 5.91 Å². The van der Waals surface area contributed by atoms with Gasteiger partial charge in [-0.1, -0.05) is 30.3 Å².